The molecule has 0 atom stereocenters. The number of rotatable bonds is 6. The zero-order valence-corrected chi connectivity index (χ0v) is 15.5. The first-order valence-electron chi connectivity index (χ1n) is 8.28. The van der Waals surface area contributed by atoms with Gasteiger partial charge in [-0.3, -0.25) is 4.79 Å². The molecule has 0 aliphatic rings. The number of H-pyrrole nitrogens is 1. The fraction of sp³-hybridized carbons (Fsp3) is 0.294. The number of nitrogen functional groups attached to an aromatic ring is 1. The Labute approximate surface area is 151 Å². The highest BCUT2D eigenvalue weighted by atomic mass is 32.2. The first kappa shape index (κ1) is 18.2. The van der Waals surface area contributed by atoms with Crippen LogP contribution in [0.25, 0.3) is 10.9 Å². The van der Waals surface area contributed by atoms with Crippen molar-refractivity contribution in [3.05, 3.63) is 46.9 Å². The minimum absolute atomic E-state index is 0.0606. The van der Waals surface area contributed by atoms with Gasteiger partial charge in [0.2, 0.25) is 9.84 Å². The number of anilines is 1. The van der Waals surface area contributed by atoms with Crippen LogP contribution in [0.5, 0.6) is 0 Å². The van der Waals surface area contributed by atoms with Crippen molar-refractivity contribution >= 4 is 26.6 Å². The number of hydrogen-bond donors (Lipinski definition) is 3. The Morgan fingerprint density at radius 2 is 1.92 bits per heavy atom. The van der Waals surface area contributed by atoms with Crippen LogP contribution in [0.4, 0.5) is 5.82 Å². The van der Waals surface area contributed by atoms with Gasteiger partial charge in [-0.05, 0) is 12.1 Å². The minimum Gasteiger partial charge on any atom is -0.384 e. The Kier molecular flexibility index (Phi) is 4.84. The quantitative estimate of drug-likeness (QED) is 0.545. The second kappa shape index (κ2) is 6.93. The van der Waals surface area contributed by atoms with E-state index in [2.05, 4.69) is 10.2 Å². The van der Waals surface area contributed by atoms with Crippen LogP contribution in [-0.4, -0.2) is 43.8 Å². The van der Waals surface area contributed by atoms with Gasteiger partial charge < -0.3 is 15.2 Å². The third-order valence-corrected chi connectivity index (χ3v) is 6.11. The number of benzene rings is 1. The summed E-state index contributed by atoms with van der Waals surface area (Å²) < 4.78 is 27.9. The number of aromatic amines is 1. The topological polar surface area (TPSA) is 115 Å². The van der Waals surface area contributed by atoms with Gasteiger partial charge in [0.25, 0.3) is 5.56 Å². The summed E-state index contributed by atoms with van der Waals surface area (Å²) in [6.45, 7) is 1.31. The van der Waals surface area contributed by atoms with Crippen molar-refractivity contribution in [1.29, 1.82) is 0 Å². The number of nitrogens with two attached hydrogens (primary N) is 1. The lowest BCUT2D eigenvalue weighted by molar-refractivity contribution is -0.858. The summed E-state index contributed by atoms with van der Waals surface area (Å²) in [5, 5.41) is 6.37. The van der Waals surface area contributed by atoms with Gasteiger partial charge in [0.1, 0.15) is 16.2 Å². The molecular formula is C17H22N5O3S+. The van der Waals surface area contributed by atoms with E-state index in [1.165, 1.54) is 23.2 Å². The largest absolute Gasteiger partial charge is 0.384 e. The molecule has 4 N–H and O–H groups in total. The van der Waals surface area contributed by atoms with Gasteiger partial charge in [-0.25, -0.2) is 13.5 Å². The van der Waals surface area contributed by atoms with Gasteiger partial charge in [0.05, 0.1) is 31.7 Å². The van der Waals surface area contributed by atoms with Crippen LogP contribution in [0.2, 0.25) is 0 Å². The molecule has 0 aliphatic carbocycles. The van der Waals surface area contributed by atoms with E-state index >= 15 is 0 Å². The molecule has 0 unspecified atom stereocenters. The molecule has 3 aromatic rings. The standard InChI is InChI=1S/C17H21N5O3S/c1-21(2)9-6-10-22-14-13(11-19-20-17(14)23)15(16(22)18)26(24,25)12-7-4-3-5-8-12/h3-5,7-8,11H,6,9-10,18H2,1-2H3,(H,20,23)/p+1. The Morgan fingerprint density at radius 3 is 2.58 bits per heavy atom. The van der Waals surface area contributed by atoms with Crippen LogP contribution >= 0.6 is 0 Å². The molecule has 0 radical (unpaired) electrons. The fourth-order valence-corrected chi connectivity index (χ4v) is 4.61. The molecule has 1 aromatic carbocycles. The van der Waals surface area contributed by atoms with Gasteiger partial charge in [0.15, 0.2) is 0 Å². The second-order valence-corrected chi connectivity index (χ2v) is 8.34. The second-order valence-electron chi connectivity index (χ2n) is 6.45. The van der Waals surface area contributed by atoms with E-state index < -0.39 is 15.4 Å². The molecule has 0 bridgehead atoms. The number of nitrogens with one attached hydrogen (secondary N) is 2. The molecule has 3 rings (SSSR count). The summed E-state index contributed by atoms with van der Waals surface area (Å²) in [5.41, 5.74) is 6.00. The summed E-state index contributed by atoms with van der Waals surface area (Å²) in [5.74, 6) is 0.0658. The van der Waals surface area contributed by atoms with E-state index in [0.29, 0.717) is 6.54 Å². The average Bonchev–Trinajstić information content (AvgIpc) is 2.89. The summed E-state index contributed by atoms with van der Waals surface area (Å²) in [6.07, 6.45) is 2.10. The highest BCUT2D eigenvalue weighted by Crippen LogP contribution is 2.34. The third kappa shape index (κ3) is 3.11. The summed E-state index contributed by atoms with van der Waals surface area (Å²) in [4.78, 5) is 13.7. The van der Waals surface area contributed by atoms with Gasteiger partial charge in [-0.2, -0.15) is 5.10 Å². The van der Waals surface area contributed by atoms with Crippen molar-refractivity contribution < 1.29 is 13.3 Å². The van der Waals surface area contributed by atoms with Crippen LogP contribution in [-0.2, 0) is 16.4 Å². The fourth-order valence-electron chi connectivity index (χ4n) is 3.03. The molecule has 2 aromatic heterocycles. The smallest absolute Gasteiger partial charge is 0.288 e. The molecule has 8 nitrogen and oxygen atoms in total. The lowest BCUT2D eigenvalue weighted by Crippen LogP contribution is -3.05. The van der Waals surface area contributed by atoms with Gasteiger partial charge in [-0.1, -0.05) is 18.2 Å². The maximum Gasteiger partial charge on any atom is 0.288 e. The Morgan fingerprint density at radius 1 is 1.23 bits per heavy atom. The number of fused-ring (bicyclic) bond motifs is 1. The van der Waals surface area contributed by atoms with Crippen LogP contribution in [0.1, 0.15) is 6.42 Å². The molecule has 138 valence electrons. The third-order valence-electron chi connectivity index (χ3n) is 4.25. The molecule has 26 heavy (non-hydrogen) atoms. The van der Waals surface area contributed by atoms with Gasteiger partial charge in [-0.15, -0.1) is 0 Å². The average molecular weight is 376 g/mol. The van der Waals surface area contributed by atoms with Gasteiger partial charge >= 0.3 is 0 Å². The number of hydrogen-bond acceptors (Lipinski definition) is 5. The number of aromatic nitrogens is 3. The lowest BCUT2D eigenvalue weighted by Gasteiger charge is -2.10. The minimum atomic E-state index is -3.88. The lowest BCUT2D eigenvalue weighted by atomic mass is 10.3. The van der Waals surface area contributed by atoms with Crippen molar-refractivity contribution in [2.24, 2.45) is 0 Å². The van der Waals surface area contributed by atoms with E-state index in [1.807, 2.05) is 14.1 Å². The predicted molar refractivity (Wildman–Crippen MR) is 99.0 cm³/mol. The Bertz CT molecular complexity index is 1080. The summed E-state index contributed by atoms with van der Waals surface area (Å²) in [6, 6.07) is 8.05. The molecule has 0 saturated heterocycles. The van der Waals surface area contributed by atoms with E-state index in [1.54, 1.807) is 22.8 Å². The van der Waals surface area contributed by atoms with E-state index in [-0.39, 0.29) is 26.5 Å². The van der Waals surface area contributed by atoms with Gasteiger partial charge in [0, 0.05) is 18.4 Å². The van der Waals surface area contributed by atoms with Crippen molar-refractivity contribution in [2.75, 3.05) is 26.4 Å². The molecule has 2 heterocycles. The van der Waals surface area contributed by atoms with Crippen LogP contribution in [0.3, 0.4) is 0 Å². The molecule has 0 spiro atoms. The van der Waals surface area contributed by atoms with E-state index in [4.69, 9.17) is 5.73 Å². The molecule has 0 saturated carbocycles. The number of quaternary nitrogens is 1. The maximum atomic E-state index is 13.1. The summed E-state index contributed by atoms with van der Waals surface area (Å²) >= 11 is 0. The number of nitrogens with zero attached hydrogens (tertiary/aromatic N) is 2. The number of aryl methyl sites for hydroxylation is 1. The van der Waals surface area contributed by atoms with Crippen LogP contribution in [0, 0.1) is 0 Å². The normalized spacial score (nSPS) is 12.1. The number of sulfone groups is 1. The first-order chi connectivity index (χ1) is 12.3. The van der Waals surface area contributed by atoms with Crippen molar-refractivity contribution in [1.82, 2.24) is 14.8 Å². The highest BCUT2D eigenvalue weighted by molar-refractivity contribution is 7.92. The van der Waals surface area contributed by atoms with E-state index in [9.17, 15) is 13.2 Å². The van der Waals surface area contributed by atoms with Crippen molar-refractivity contribution in [3.63, 3.8) is 0 Å². The van der Waals surface area contributed by atoms with Crippen LogP contribution < -0.4 is 16.2 Å². The van der Waals surface area contributed by atoms with E-state index in [0.717, 1.165) is 13.0 Å². The molecule has 0 aliphatic heterocycles. The molecule has 0 fully saturated rings. The predicted octanol–water partition coefficient (Wildman–Crippen LogP) is -0.326. The zero-order valence-electron chi connectivity index (χ0n) is 14.7. The highest BCUT2D eigenvalue weighted by Gasteiger charge is 2.29. The van der Waals surface area contributed by atoms with Crippen molar-refractivity contribution in [2.45, 2.75) is 22.8 Å². The Hall–Kier alpha value is -2.65. The first-order valence-corrected chi connectivity index (χ1v) is 9.77. The monoisotopic (exact) mass is 376 g/mol. The molecular weight excluding hydrogens is 354 g/mol. The van der Waals surface area contributed by atoms with Crippen molar-refractivity contribution in [3.8, 4) is 0 Å². The Balaban J connectivity index is 2.23. The van der Waals surface area contributed by atoms with Crippen LogP contribution in [0.15, 0.2) is 51.1 Å². The maximum absolute atomic E-state index is 13.1. The SMILES string of the molecule is C[NH+](C)CCCn1c(N)c(S(=O)(=O)c2ccccc2)c2cn[nH]c(=O)c21. The molecule has 0 amide bonds. The molecule has 9 heteroatoms. The zero-order chi connectivity index (χ0) is 18.9. The summed E-state index contributed by atoms with van der Waals surface area (Å²) in [7, 11) is 0.176.